The van der Waals surface area contributed by atoms with E-state index in [2.05, 4.69) is 56.0 Å². The molecule has 0 saturated carbocycles. The van der Waals surface area contributed by atoms with Gasteiger partial charge in [0.15, 0.2) is 0 Å². The highest BCUT2D eigenvalue weighted by atomic mass is 32.1. The van der Waals surface area contributed by atoms with Crippen molar-refractivity contribution in [3.05, 3.63) is 86.6 Å². The lowest BCUT2D eigenvalue weighted by Crippen LogP contribution is -2.48. The van der Waals surface area contributed by atoms with E-state index in [0.29, 0.717) is 6.61 Å². The molecular weight excluding hydrogens is 404 g/mol. The van der Waals surface area contributed by atoms with Crippen LogP contribution in [0, 0.1) is 20.8 Å². The predicted molar refractivity (Wildman–Crippen MR) is 127 cm³/mol. The second-order valence-corrected chi connectivity index (χ2v) is 9.40. The van der Waals surface area contributed by atoms with Gasteiger partial charge in [-0.25, -0.2) is 0 Å². The molecule has 0 N–H and O–H groups in total. The van der Waals surface area contributed by atoms with Gasteiger partial charge >= 0.3 is 0 Å². The van der Waals surface area contributed by atoms with Gasteiger partial charge in [-0.3, -0.25) is 9.69 Å². The Labute approximate surface area is 189 Å². The third-order valence-electron chi connectivity index (χ3n) is 5.61. The van der Waals surface area contributed by atoms with Crippen molar-refractivity contribution in [2.75, 3.05) is 26.2 Å². The fourth-order valence-electron chi connectivity index (χ4n) is 4.08. The van der Waals surface area contributed by atoms with Crippen LogP contribution in [0.15, 0.2) is 53.9 Å². The van der Waals surface area contributed by atoms with E-state index in [-0.39, 0.29) is 5.91 Å². The predicted octanol–water partition coefficient (Wildman–Crippen LogP) is 5.21. The standard InChI is InChI=1S/C26H30N2O2S/c1-19-5-4-6-22(12-19)16-27-7-9-28(10-8-27)26(29)25-15-23(18-31-25)17-30-24-13-20(2)11-21(3)14-24/h4-6,11-15,18H,7-10,16-17H2,1-3H3. The average molecular weight is 435 g/mol. The Morgan fingerprint density at radius 3 is 2.35 bits per heavy atom. The van der Waals surface area contributed by atoms with Crippen LogP contribution in [0.5, 0.6) is 5.75 Å². The molecule has 0 atom stereocenters. The molecule has 31 heavy (non-hydrogen) atoms. The highest BCUT2D eigenvalue weighted by Gasteiger charge is 2.23. The van der Waals surface area contributed by atoms with Crippen molar-refractivity contribution in [3.8, 4) is 5.75 Å². The monoisotopic (exact) mass is 434 g/mol. The molecule has 1 amide bonds. The molecule has 1 aliphatic heterocycles. The van der Waals surface area contributed by atoms with E-state index in [9.17, 15) is 4.79 Å². The first-order valence-electron chi connectivity index (χ1n) is 10.8. The number of thiophene rings is 1. The van der Waals surface area contributed by atoms with Gasteiger partial charge in [-0.2, -0.15) is 0 Å². The van der Waals surface area contributed by atoms with Crippen LogP contribution in [0.1, 0.15) is 37.5 Å². The highest BCUT2D eigenvalue weighted by molar-refractivity contribution is 7.12. The second-order valence-electron chi connectivity index (χ2n) is 8.49. The molecule has 162 valence electrons. The van der Waals surface area contributed by atoms with Crippen LogP contribution in [0.4, 0.5) is 0 Å². The van der Waals surface area contributed by atoms with Gasteiger partial charge in [0.05, 0.1) is 4.88 Å². The summed E-state index contributed by atoms with van der Waals surface area (Å²) in [6.07, 6.45) is 0. The summed E-state index contributed by atoms with van der Waals surface area (Å²) in [5.41, 5.74) is 6.06. The van der Waals surface area contributed by atoms with E-state index in [1.54, 1.807) is 0 Å². The molecule has 0 radical (unpaired) electrons. The number of aryl methyl sites for hydroxylation is 3. The SMILES string of the molecule is Cc1cccc(CN2CCN(C(=O)c3cc(COc4cc(C)cc(C)c4)cs3)CC2)c1. The molecule has 5 heteroatoms. The van der Waals surface area contributed by atoms with E-state index in [4.69, 9.17) is 4.74 Å². The lowest BCUT2D eigenvalue weighted by atomic mass is 10.1. The Morgan fingerprint density at radius 1 is 0.903 bits per heavy atom. The molecule has 1 saturated heterocycles. The van der Waals surface area contributed by atoms with Gasteiger partial charge in [0.2, 0.25) is 0 Å². The van der Waals surface area contributed by atoms with Crippen LogP contribution in [0.2, 0.25) is 0 Å². The lowest BCUT2D eigenvalue weighted by Gasteiger charge is -2.34. The van der Waals surface area contributed by atoms with Crippen LogP contribution in [0.25, 0.3) is 0 Å². The van der Waals surface area contributed by atoms with Gasteiger partial charge in [0.1, 0.15) is 12.4 Å². The van der Waals surface area contributed by atoms with Gasteiger partial charge < -0.3 is 9.64 Å². The number of piperazine rings is 1. The zero-order valence-corrected chi connectivity index (χ0v) is 19.4. The van der Waals surface area contributed by atoms with Gasteiger partial charge in [0.25, 0.3) is 5.91 Å². The summed E-state index contributed by atoms with van der Waals surface area (Å²) in [5, 5.41) is 2.03. The largest absolute Gasteiger partial charge is 0.489 e. The van der Waals surface area contributed by atoms with Crippen LogP contribution < -0.4 is 4.74 Å². The summed E-state index contributed by atoms with van der Waals surface area (Å²) < 4.78 is 5.95. The van der Waals surface area contributed by atoms with Crippen molar-refractivity contribution in [2.45, 2.75) is 33.9 Å². The summed E-state index contributed by atoms with van der Waals surface area (Å²) in [6, 6.07) is 16.9. The maximum absolute atomic E-state index is 13.0. The molecule has 1 aliphatic rings. The van der Waals surface area contributed by atoms with Gasteiger partial charge in [0, 0.05) is 38.3 Å². The smallest absolute Gasteiger partial charge is 0.264 e. The molecule has 3 aromatic rings. The Morgan fingerprint density at radius 2 is 1.65 bits per heavy atom. The molecule has 0 unspecified atom stereocenters. The zero-order valence-electron chi connectivity index (χ0n) is 18.6. The molecule has 0 spiro atoms. The van der Waals surface area contributed by atoms with Gasteiger partial charge in [-0.1, -0.05) is 35.9 Å². The van der Waals surface area contributed by atoms with Crippen molar-refractivity contribution in [3.63, 3.8) is 0 Å². The summed E-state index contributed by atoms with van der Waals surface area (Å²) >= 11 is 1.51. The Kier molecular flexibility index (Phi) is 6.73. The van der Waals surface area contributed by atoms with Crippen molar-refractivity contribution >= 4 is 17.2 Å². The summed E-state index contributed by atoms with van der Waals surface area (Å²) in [6.45, 7) is 11.1. The maximum atomic E-state index is 13.0. The Bertz CT molecular complexity index is 1030. The Balaban J connectivity index is 1.29. The number of carbonyl (C=O) groups is 1. The molecule has 0 bridgehead atoms. The van der Waals surface area contributed by atoms with Crippen LogP contribution >= 0.6 is 11.3 Å². The molecule has 2 heterocycles. The quantitative estimate of drug-likeness (QED) is 0.534. The first-order valence-corrected chi connectivity index (χ1v) is 11.7. The van der Waals surface area contributed by atoms with Crippen molar-refractivity contribution in [1.29, 1.82) is 0 Å². The van der Waals surface area contributed by atoms with E-state index >= 15 is 0 Å². The lowest BCUT2D eigenvalue weighted by molar-refractivity contribution is 0.0633. The molecule has 4 nitrogen and oxygen atoms in total. The highest BCUT2D eigenvalue weighted by Crippen LogP contribution is 2.22. The van der Waals surface area contributed by atoms with E-state index in [1.165, 1.54) is 33.6 Å². The average Bonchev–Trinajstić information content (AvgIpc) is 3.21. The fraction of sp³-hybridized carbons (Fsp3) is 0.346. The second kappa shape index (κ2) is 9.67. The summed E-state index contributed by atoms with van der Waals surface area (Å²) in [4.78, 5) is 18.2. The number of ether oxygens (including phenoxy) is 1. The van der Waals surface area contributed by atoms with E-state index in [1.807, 2.05) is 28.5 Å². The van der Waals surface area contributed by atoms with Crippen LogP contribution in [-0.2, 0) is 13.2 Å². The number of hydrogen-bond donors (Lipinski definition) is 0. The maximum Gasteiger partial charge on any atom is 0.264 e. The minimum atomic E-state index is 0.137. The number of amides is 1. The first kappa shape index (κ1) is 21.6. The third-order valence-corrected chi connectivity index (χ3v) is 6.58. The summed E-state index contributed by atoms with van der Waals surface area (Å²) in [5.74, 6) is 1.01. The van der Waals surface area contributed by atoms with Crippen molar-refractivity contribution in [2.24, 2.45) is 0 Å². The minimum absolute atomic E-state index is 0.137. The van der Waals surface area contributed by atoms with Crippen molar-refractivity contribution in [1.82, 2.24) is 9.80 Å². The van der Waals surface area contributed by atoms with Gasteiger partial charge in [-0.15, -0.1) is 11.3 Å². The molecule has 0 aliphatic carbocycles. The Hall–Kier alpha value is -2.63. The minimum Gasteiger partial charge on any atom is -0.489 e. The summed E-state index contributed by atoms with van der Waals surface area (Å²) in [7, 11) is 0. The normalized spacial score (nSPS) is 14.6. The number of hydrogen-bond acceptors (Lipinski definition) is 4. The molecule has 4 rings (SSSR count). The van der Waals surface area contributed by atoms with E-state index in [0.717, 1.165) is 48.9 Å². The molecule has 1 aromatic heterocycles. The van der Waals surface area contributed by atoms with Crippen LogP contribution in [-0.4, -0.2) is 41.9 Å². The topological polar surface area (TPSA) is 32.8 Å². The molecule has 1 fully saturated rings. The van der Waals surface area contributed by atoms with Crippen molar-refractivity contribution < 1.29 is 9.53 Å². The number of benzene rings is 2. The molecule has 2 aromatic carbocycles. The van der Waals surface area contributed by atoms with Gasteiger partial charge in [-0.05, 0) is 61.0 Å². The fourth-order valence-corrected chi connectivity index (χ4v) is 4.94. The zero-order chi connectivity index (χ0) is 21.8. The van der Waals surface area contributed by atoms with E-state index < -0.39 is 0 Å². The molecular formula is C26H30N2O2S. The number of rotatable bonds is 6. The first-order chi connectivity index (χ1) is 15.0. The number of carbonyl (C=O) groups excluding carboxylic acids is 1. The number of nitrogens with zero attached hydrogens (tertiary/aromatic N) is 2. The third kappa shape index (κ3) is 5.75. The van der Waals surface area contributed by atoms with Crippen LogP contribution in [0.3, 0.4) is 0 Å².